The van der Waals surface area contributed by atoms with E-state index in [-0.39, 0.29) is 18.1 Å². The summed E-state index contributed by atoms with van der Waals surface area (Å²) in [6.45, 7) is 0.152. The Bertz CT molecular complexity index is 388. The van der Waals surface area contributed by atoms with Crippen molar-refractivity contribution in [1.29, 1.82) is 0 Å². The van der Waals surface area contributed by atoms with E-state index in [0.29, 0.717) is 5.69 Å². The number of hydrogen-bond donors (Lipinski definition) is 1. The lowest BCUT2D eigenvalue weighted by atomic mass is 10.4. The summed E-state index contributed by atoms with van der Waals surface area (Å²) in [6, 6.07) is 3.44. The summed E-state index contributed by atoms with van der Waals surface area (Å²) in [4.78, 5) is 3.98. The van der Waals surface area contributed by atoms with Gasteiger partial charge in [0.2, 0.25) is 0 Å². The fourth-order valence-corrected chi connectivity index (χ4v) is 2.33. The SMILES string of the molecule is NCCS(=O)(=O)Cc1ccc(Br)cn1. The Morgan fingerprint density at radius 2 is 2.14 bits per heavy atom. The molecule has 1 aromatic rings. The van der Waals surface area contributed by atoms with Crippen LogP contribution in [0.1, 0.15) is 5.69 Å². The second-order valence-electron chi connectivity index (χ2n) is 2.85. The van der Waals surface area contributed by atoms with E-state index in [1.807, 2.05) is 0 Å². The smallest absolute Gasteiger partial charge is 0.157 e. The maximum atomic E-state index is 11.4. The van der Waals surface area contributed by atoms with Crippen molar-refractivity contribution in [2.45, 2.75) is 5.75 Å². The molecule has 0 bridgehead atoms. The van der Waals surface area contributed by atoms with Crippen LogP contribution in [0, 0.1) is 0 Å². The van der Waals surface area contributed by atoms with Gasteiger partial charge >= 0.3 is 0 Å². The van der Waals surface area contributed by atoms with E-state index in [4.69, 9.17) is 5.73 Å². The maximum Gasteiger partial charge on any atom is 0.157 e. The van der Waals surface area contributed by atoms with Crippen molar-refractivity contribution in [3.05, 3.63) is 28.5 Å². The molecule has 0 aliphatic carbocycles. The predicted octanol–water partition coefficient (Wildman–Crippen LogP) is 0.718. The number of pyridine rings is 1. The Kier molecular flexibility index (Phi) is 4.03. The van der Waals surface area contributed by atoms with Crippen molar-refractivity contribution in [1.82, 2.24) is 4.98 Å². The van der Waals surface area contributed by atoms with E-state index in [1.54, 1.807) is 18.3 Å². The lowest BCUT2D eigenvalue weighted by molar-refractivity contribution is 0.594. The minimum atomic E-state index is -3.10. The van der Waals surface area contributed by atoms with Gasteiger partial charge < -0.3 is 5.73 Å². The molecule has 0 unspecified atom stereocenters. The van der Waals surface area contributed by atoms with Gasteiger partial charge in [-0.1, -0.05) is 0 Å². The van der Waals surface area contributed by atoms with Gasteiger partial charge in [0, 0.05) is 17.2 Å². The zero-order valence-corrected chi connectivity index (χ0v) is 9.88. The van der Waals surface area contributed by atoms with Crippen LogP contribution in [0.5, 0.6) is 0 Å². The molecule has 0 saturated carbocycles. The first-order chi connectivity index (χ1) is 6.53. The van der Waals surface area contributed by atoms with E-state index in [0.717, 1.165) is 4.47 Å². The summed E-state index contributed by atoms with van der Waals surface area (Å²) in [5.41, 5.74) is 5.73. The summed E-state index contributed by atoms with van der Waals surface area (Å²) < 4.78 is 23.5. The number of hydrogen-bond acceptors (Lipinski definition) is 4. The van der Waals surface area contributed by atoms with Gasteiger partial charge in [0.1, 0.15) is 0 Å². The Balaban J connectivity index is 2.74. The first-order valence-electron chi connectivity index (χ1n) is 4.04. The van der Waals surface area contributed by atoms with E-state index in [9.17, 15) is 8.42 Å². The van der Waals surface area contributed by atoms with Gasteiger partial charge in [-0.2, -0.15) is 0 Å². The van der Waals surface area contributed by atoms with Crippen LogP contribution in [0.15, 0.2) is 22.8 Å². The molecular weight excluding hydrogens is 268 g/mol. The Hall–Kier alpha value is -0.460. The van der Waals surface area contributed by atoms with E-state index >= 15 is 0 Å². The van der Waals surface area contributed by atoms with Crippen molar-refractivity contribution < 1.29 is 8.42 Å². The molecule has 1 heterocycles. The lowest BCUT2D eigenvalue weighted by Gasteiger charge is -2.01. The molecule has 0 fully saturated rings. The molecule has 1 aromatic heterocycles. The molecule has 0 aliphatic heterocycles. The van der Waals surface area contributed by atoms with Crippen LogP contribution in [0.4, 0.5) is 0 Å². The van der Waals surface area contributed by atoms with Crippen molar-refractivity contribution in [3.8, 4) is 0 Å². The molecular formula is C8H11BrN2O2S. The van der Waals surface area contributed by atoms with Gasteiger partial charge in [0.15, 0.2) is 9.84 Å². The third-order valence-electron chi connectivity index (χ3n) is 1.59. The summed E-state index contributed by atoms with van der Waals surface area (Å²) in [7, 11) is -3.10. The molecule has 0 atom stereocenters. The van der Waals surface area contributed by atoms with Crippen LogP contribution >= 0.6 is 15.9 Å². The fourth-order valence-electron chi connectivity index (χ4n) is 0.969. The predicted molar refractivity (Wildman–Crippen MR) is 58.5 cm³/mol. The molecule has 1 rings (SSSR count). The molecule has 78 valence electrons. The quantitative estimate of drug-likeness (QED) is 0.881. The molecule has 0 spiro atoms. The molecule has 0 amide bonds. The number of rotatable bonds is 4. The van der Waals surface area contributed by atoms with Crippen LogP contribution in [0.2, 0.25) is 0 Å². The topological polar surface area (TPSA) is 73.1 Å². The maximum absolute atomic E-state index is 11.4. The number of nitrogens with two attached hydrogens (primary N) is 1. The largest absolute Gasteiger partial charge is 0.329 e. The van der Waals surface area contributed by atoms with Crippen LogP contribution in [-0.4, -0.2) is 25.7 Å². The molecule has 14 heavy (non-hydrogen) atoms. The minimum Gasteiger partial charge on any atom is -0.329 e. The van der Waals surface area contributed by atoms with Crippen molar-refractivity contribution in [2.24, 2.45) is 5.73 Å². The Labute approximate surface area is 91.6 Å². The minimum absolute atomic E-state index is 0.00471. The second kappa shape index (κ2) is 4.86. The fraction of sp³-hybridized carbons (Fsp3) is 0.375. The monoisotopic (exact) mass is 278 g/mol. The van der Waals surface area contributed by atoms with Gasteiger partial charge in [0.25, 0.3) is 0 Å². The zero-order valence-electron chi connectivity index (χ0n) is 7.48. The van der Waals surface area contributed by atoms with Gasteiger partial charge in [-0.3, -0.25) is 4.98 Å². The third-order valence-corrected chi connectivity index (χ3v) is 3.65. The molecule has 4 nitrogen and oxygen atoms in total. The highest BCUT2D eigenvalue weighted by Gasteiger charge is 2.11. The molecule has 2 N–H and O–H groups in total. The molecule has 6 heteroatoms. The highest BCUT2D eigenvalue weighted by Crippen LogP contribution is 2.09. The first-order valence-corrected chi connectivity index (χ1v) is 6.66. The van der Waals surface area contributed by atoms with Crippen LogP contribution < -0.4 is 5.73 Å². The molecule has 0 aromatic carbocycles. The van der Waals surface area contributed by atoms with Crippen molar-refractivity contribution in [2.75, 3.05) is 12.3 Å². The standard InChI is InChI=1S/C8H11BrN2O2S/c9-7-1-2-8(11-5-7)6-14(12,13)4-3-10/h1-2,5H,3-4,6,10H2. The Morgan fingerprint density at radius 3 is 2.64 bits per heavy atom. The highest BCUT2D eigenvalue weighted by atomic mass is 79.9. The van der Waals surface area contributed by atoms with E-state index in [2.05, 4.69) is 20.9 Å². The highest BCUT2D eigenvalue weighted by molar-refractivity contribution is 9.10. The van der Waals surface area contributed by atoms with Crippen LogP contribution in [-0.2, 0) is 15.6 Å². The average Bonchev–Trinajstić information content (AvgIpc) is 2.08. The van der Waals surface area contributed by atoms with Gasteiger partial charge in [-0.25, -0.2) is 8.42 Å². The van der Waals surface area contributed by atoms with Crippen LogP contribution in [0.3, 0.4) is 0 Å². The second-order valence-corrected chi connectivity index (χ2v) is 5.95. The average molecular weight is 279 g/mol. The lowest BCUT2D eigenvalue weighted by Crippen LogP contribution is -2.17. The first kappa shape index (κ1) is 11.6. The number of aromatic nitrogens is 1. The van der Waals surface area contributed by atoms with Gasteiger partial charge in [-0.15, -0.1) is 0 Å². The number of nitrogens with zero attached hydrogens (tertiary/aromatic N) is 1. The molecule has 0 saturated heterocycles. The van der Waals surface area contributed by atoms with Crippen molar-refractivity contribution >= 4 is 25.8 Å². The summed E-state index contributed by atoms with van der Waals surface area (Å²) >= 11 is 3.22. The molecule has 0 radical (unpaired) electrons. The van der Waals surface area contributed by atoms with E-state index < -0.39 is 9.84 Å². The number of sulfone groups is 1. The van der Waals surface area contributed by atoms with E-state index in [1.165, 1.54) is 0 Å². The van der Waals surface area contributed by atoms with Crippen molar-refractivity contribution in [3.63, 3.8) is 0 Å². The summed E-state index contributed by atoms with van der Waals surface area (Å²) in [6.07, 6.45) is 1.58. The van der Waals surface area contributed by atoms with Gasteiger partial charge in [0.05, 0.1) is 17.2 Å². The van der Waals surface area contributed by atoms with Gasteiger partial charge in [-0.05, 0) is 28.1 Å². The normalized spacial score (nSPS) is 11.6. The zero-order chi connectivity index (χ0) is 10.6. The third kappa shape index (κ3) is 3.73. The van der Waals surface area contributed by atoms with Crippen LogP contribution in [0.25, 0.3) is 0 Å². The summed E-state index contributed by atoms with van der Waals surface area (Å²) in [5.74, 6) is -0.0395. The summed E-state index contributed by atoms with van der Waals surface area (Å²) in [5, 5.41) is 0. The number of halogens is 1. The Morgan fingerprint density at radius 1 is 1.43 bits per heavy atom. The molecule has 0 aliphatic rings.